The number of rotatable bonds is 3. The minimum Gasteiger partial charge on any atom is -0.468 e. The van der Waals surface area contributed by atoms with Crippen LogP contribution in [0.5, 0.6) is 0 Å². The number of halogens is 3. The van der Waals surface area contributed by atoms with Gasteiger partial charge >= 0.3 is 12.1 Å². The zero-order valence-electron chi connectivity index (χ0n) is 13.7. The zero-order chi connectivity index (χ0) is 17.5. The van der Waals surface area contributed by atoms with Crippen LogP contribution in [0.25, 0.3) is 0 Å². The van der Waals surface area contributed by atoms with E-state index in [-0.39, 0.29) is 18.4 Å². The first-order valence-corrected chi connectivity index (χ1v) is 8.51. The number of methoxy groups -OCH3 is 1. The summed E-state index contributed by atoms with van der Waals surface area (Å²) in [5.41, 5.74) is 0. The van der Waals surface area contributed by atoms with E-state index in [1.54, 1.807) is 0 Å². The standard InChI is InChI=1S/C16H23F3N2O3/c1-24-15(23)13-11-5-2-4-10(11)8-21(13)12-6-3-7-20(14(12)22)9-16(17,18)19/h10-13H,2-9H2,1H3/t10-,11+,12+,13-/m0/s1. The number of fused-ring (bicyclic) bond motifs is 1. The molecule has 2 heterocycles. The molecule has 3 aliphatic rings. The minimum absolute atomic E-state index is 0.123. The van der Waals surface area contributed by atoms with Crippen molar-refractivity contribution in [2.24, 2.45) is 11.8 Å². The first-order valence-electron chi connectivity index (χ1n) is 8.51. The second kappa shape index (κ2) is 6.54. The van der Waals surface area contributed by atoms with Crippen LogP contribution >= 0.6 is 0 Å². The number of amides is 1. The molecule has 5 nitrogen and oxygen atoms in total. The predicted molar refractivity (Wildman–Crippen MR) is 79.0 cm³/mol. The highest BCUT2D eigenvalue weighted by Gasteiger charge is 2.52. The van der Waals surface area contributed by atoms with Gasteiger partial charge in [-0.25, -0.2) is 0 Å². The van der Waals surface area contributed by atoms with Crippen LogP contribution in [0.1, 0.15) is 32.1 Å². The van der Waals surface area contributed by atoms with Crippen molar-refractivity contribution in [3.8, 4) is 0 Å². The molecular weight excluding hydrogens is 325 g/mol. The van der Waals surface area contributed by atoms with Crippen molar-refractivity contribution in [3.05, 3.63) is 0 Å². The van der Waals surface area contributed by atoms with Gasteiger partial charge in [-0.05, 0) is 37.5 Å². The van der Waals surface area contributed by atoms with Crippen molar-refractivity contribution in [1.82, 2.24) is 9.80 Å². The lowest BCUT2D eigenvalue weighted by Crippen LogP contribution is -2.57. The molecule has 1 saturated carbocycles. The van der Waals surface area contributed by atoms with Crippen molar-refractivity contribution >= 4 is 11.9 Å². The molecule has 24 heavy (non-hydrogen) atoms. The Kier molecular flexibility index (Phi) is 4.77. The summed E-state index contributed by atoms with van der Waals surface area (Å²) in [4.78, 5) is 27.6. The molecule has 0 aromatic heterocycles. The maximum absolute atomic E-state index is 12.7. The molecule has 4 atom stereocenters. The summed E-state index contributed by atoms with van der Waals surface area (Å²) in [6, 6.07) is -1.14. The monoisotopic (exact) mass is 348 g/mol. The molecule has 136 valence electrons. The first kappa shape index (κ1) is 17.5. The number of carbonyl (C=O) groups excluding carboxylic acids is 2. The van der Waals surface area contributed by atoms with E-state index >= 15 is 0 Å². The van der Waals surface area contributed by atoms with E-state index in [9.17, 15) is 22.8 Å². The van der Waals surface area contributed by atoms with Crippen LogP contribution in [0.2, 0.25) is 0 Å². The molecule has 2 saturated heterocycles. The second-order valence-electron chi connectivity index (χ2n) is 7.05. The number of hydrogen-bond donors (Lipinski definition) is 0. The Bertz CT molecular complexity index is 511. The van der Waals surface area contributed by atoms with Crippen LogP contribution in [-0.4, -0.2) is 66.7 Å². The van der Waals surface area contributed by atoms with Crippen molar-refractivity contribution in [2.45, 2.75) is 50.4 Å². The molecule has 0 bridgehead atoms. The van der Waals surface area contributed by atoms with E-state index in [1.807, 2.05) is 4.90 Å². The third kappa shape index (κ3) is 3.25. The topological polar surface area (TPSA) is 49.9 Å². The molecular formula is C16H23F3N2O3. The van der Waals surface area contributed by atoms with Crippen LogP contribution < -0.4 is 0 Å². The third-order valence-electron chi connectivity index (χ3n) is 5.64. The lowest BCUT2D eigenvalue weighted by Gasteiger charge is -2.39. The van der Waals surface area contributed by atoms with Gasteiger partial charge in [-0.2, -0.15) is 13.2 Å². The van der Waals surface area contributed by atoms with Crippen molar-refractivity contribution in [3.63, 3.8) is 0 Å². The predicted octanol–water partition coefficient (Wildman–Crippen LogP) is 1.81. The maximum Gasteiger partial charge on any atom is 0.406 e. The number of ether oxygens (including phenoxy) is 1. The van der Waals surface area contributed by atoms with E-state index in [0.717, 1.165) is 24.2 Å². The number of carbonyl (C=O) groups is 2. The van der Waals surface area contributed by atoms with E-state index < -0.39 is 30.7 Å². The van der Waals surface area contributed by atoms with Gasteiger partial charge in [0.25, 0.3) is 0 Å². The fourth-order valence-corrected chi connectivity index (χ4v) is 4.69. The van der Waals surface area contributed by atoms with Gasteiger partial charge in [0.15, 0.2) is 0 Å². The van der Waals surface area contributed by atoms with Gasteiger partial charge in [0.05, 0.1) is 13.2 Å². The average Bonchev–Trinajstić information content (AvgIpc) is 3.07. The summed E-state index contributed by atoms with van der Waals surface area (Å²) in [6.45, 7) is -0.495. The van der Waals surface area contributed by atoms with E-state index in [0.29, 0.717) is 25.3 Å². The average molecular weight is 348 g/mol. The van der Waals surface area contributed by atoms with Gasteiger partial charge in [-0.15, -0.1) is 0 Å². The lowest BCUT2D eigenvalue weighted by atomic mass is 9.93. The molecule has 3 fully saturated rings. The number of likely N-dealkylation sites (tertiary alicyclic amines) is 2. The fourth-order valence-electron chi connectivity index (χ4n) is 4.69. The number of esters is 1. The maximum atomic E-state index is 12.7. The largest absolute Gasteiger partial charge is 0.468 e. The zero-order valence-corrected chi connectivity index (χ0v) is 13.7. The highest BCUT2D eigenvalue weighted by molar-refractivity contribution is 5.84. The Morgan fingerprint density at radius 3 is 2.67 bits per heavy atom. The van der Waals surface area contributed by atoms with E-state index in [2.05, 4.69) is 0 Å². The van der Waals surface area contributed by atoms with Gasteiger partial charge in [-0.3, -0.25) is 14.5 Å². The van der Waals surface area contributed by atoms with Gasteiger partial charge in [0.2, 0.25) is 5.91 Å². The molecule has 0 aromatic rings. The Labute approximate surface area is 139 Å². The van der Waals surface area contributed by atoms with Gasteiger partial charge in [0, 0.05) is 13.1 Å². The normalized spacial score (nSPS) is 34.5. The van der Waals surface area contributed by atoms with Gasteiger partial charge in [0.1, 0.15) is 12.6 Å². The SMILES string of the molecule is COC(=O)[C@@H]1[C@@H]2CCC[C@H]2CN1[C@@H]1CCCN(CC(F)(F)F)C1=O. The molecule has 3 rings (SSSR count). The molecule has 1 amide bonds. The molecule has 8 heteroatoms. The third-order valence-corrected chi connectivity index (χ3v) is 5.64. The fraction of sp³-hybridized carbons (Fsp3) is 0.875. The Morgan fingerprint density at radius 1 is 1.25 bits per heavy atom. The van der Waals surface area contributed by atoms with Crippen LogP contribution in [-0.2, 0) is 14.3 Å². The van der Waals surface area contributed by atoms with E-state index in [4.69, 9.17) is 4.74 Å². The molecule has 0 radical (unpaired) electrons. The van der Waals surface area contributed by atoms with Crippen LogP contribution in [0.4, 0.5) is 13.2 Å². The summed E-state index contributed by atoms with van der Waals surface area (Å²) >= 11 is 0. The highest BCUT2D eigenvalue weighted by Crippen LogP contribution is 2.44. The number of nitrogens with zero attached hydrogens (tertiary/aromatic N) is 2. The van der Waals surface area contributed by atoms with Crippen LogP contribution in [0.15, 0.2) is 0 Å². The van der Waals surface area contributed by atoms with Crippen molar-refractivity contribution in [2.75, 3.05) is 26.7 Å². The summed E-state index contributed by atoms with van der Waals surface area (Å²) in [5.74, 6) is -0.388. The Morgan fingerprint density at radius 2 is 2.00 bits per heavy atom. The number of piperidine rings is 1. The minimum atomic E-state index is -4.40. The second-order valence-corrected chi connectivity index (χ2v) is 7.05. The smallest absolute Gasteiger partial charge is 0.406 e. The molecule has 2 aliphatic heterocycles. The Hall–Kier alpha value is -1.31. The summed E-state index contributed by atoms with van der Waals surface area (Å²) in [7, 11) is 1.32. The summed E-state index contributed by atoms with van der Waals surface area (Å²) in [6.07, 6.45) is -0.418. The molecule has 0 unspecified atom stereocenters. The van der Waals surface area contributed by atoms with Gasteiger partial charge in [-0.1, -0.05) is 6.42 Å². The van der Waals surface area contributed by atoms with Crippen LogP contribution in [0, 0.1) is 11.8 Å². The molecule has 1 aliphatic carbocycles. The molecule has 0 spiro atoms. The lowest BCUT2D eigenvalue weighted by molar-refractivity contribution is -0.169. The molecule has 0 aromatic carbocycles. The number of hydrogen-bond acceptors (Lipinski definition) is 4. The van der Waals surface area contributed by atoms with Crippen molar-refractivity contribution < 1.29 is 27.5 Å². The number of alkyl halides is 3. The summed E-state index contributed by atoms with van der Waals surface area (Å²) < 4.78 is 43.0. The van der Waals surface area contributed by atoms with Gasteiger partial charge < -0.3 is 9.64 Å². The quantitative estimate of drug-likeness (QED) is 0.730. The summed E-state index contributed by atoms with van der Waals surface area (Å²) in [5, 5.41) is 0. The van der Waals surface area contributed by atoms with Crippen molar-refractivity contribution in [1.29, 1.82) is 0 Å². The first-order chi connectivity index (χ1) is 11.3. The highest BCUT2D eigenvalue weighted by atomic mass is 19.4. The Balaban J connectivity index is 1.78. The van der Waals surface area contributed by atoms with Crippen LogP contribution in [0.3, 0.4) is 0 Å². The molecule has 0 N–H and O–H groups in total. The van der Waals surface area contributed by atoms with E-state index in [1.165, 1.54) is 7.11 Å².